The van der Waals surface area contributed by atoms with Crippen molar-refractivity contribution in [1.82, 2.24) is 14.9 Å². The van der Waals surface area contributed by atoms with Gasteiger partial charge in [0.2, 0.25) is 10.0 Å². The van der Waals surface area contributed by atoms with Crippen LogP contribution < -0.4 is 10.6 Å². The molecule has 1 aliphatic rings. The summed E-state index contributed by atoms with van der Waals surface area (Å²) in [6.07, 6.45) is 1.02. The molecule has 0 bridgehead atoms. The Balaban J connectivity index is 0.00000312. The SMILES string of the molecule is CCN(CC)S(=O)(=O)c1cccc(C(=O)NC2CNCCC2C)c1.Cl. The molecule has 0 saturated carbocycles. The standard InChI is InChI=1S/C17H27N3O3S.ClH/c1-4-20(5-2)24(22,23)15-8-6-7-14(11-15)17(21)19-16-12-18-10-9-13(16)3;/h6-8,11,13,16,18H,4-5,9-10,12H2,1-3H3,(H,19,21);1H. The summed E-state index contributed by atoms with van der Waals surface area (Å²) in [6, 6.07) is 6.33. The summed E-state index contributed by atoms with van der Waals surface area (Å²) >= 11 is 0. The van der Waals surface area contributed by atoms with Gasteiger partial charge in [-0.05, 0) is 37.1 Å². The van der Waals surface area contributed by atoms with Gasteiger partial charge in [-0.3, -0.25) is 4.79 Å². The Kier molecular flexibility index (Phi) is 8.34. The summed E-state index contributed by atoms with van der Waals surface area (Å²) in [5, 5.41) is 6.28. The fourth-order valence-corrected chi connectivity index (χ4v) is 4.45. The molecule has 1 amide bonds. The fraction of sp³-hybridized carbons (Fsp3) is 0.588. The maximum Gasteiger partial charge on any atom is 0.251 e. The van der Waals surface area contributed by atoms with E-state index in [-0.39, 0.29) is 29.3 Å². The van der Waals surface area contributed by atoms with E-state index < -0.39 is 10.0 Å². The molecule has 0 aliphatic carbocycles. The Morgan fingerprint density at radius 2 is 2.00 bits per heavy atom. The highest BCUT2D eigenvalue weighted by Gasteiger charge is 2.25. The molecule has 0 radical (unpaired) electrons. The number of nitrogens with zero attached hydrogens (tertiary/aromatic N) is 1. The largest absolute Gasteiger partial charge is 0.348 e. The van der Waals surface area contributed by atoms with Gasteiger partial charge < -0.3 is 10.6 Å². The summed E-state index contributed by atoms with van der Waals surface area (Å²) in [5.41, 5.74) is 0.376. The van der Waals surface area contributed by atoms with Crippen molar-refractivity contribution in [2.75, 3.05) is 26.2 Å². The first-order valence-corrected chi connectivity index (χ1v) is 9.96. The minimum absolute atomic E-state index is 0. The topological polar surface area (TPSA) is 78.5 Å². The van der Waals surface area contributed by atoms with Gasteiger partial charge in [0.05, 0.1) is 4.90 Å². The molecule has 142 valence electrons. The number of hydrogen-bond acceptors (Lipinski definition) is 4. The summed E-state index contributed by atoms with van der Waals surface area (Å²) < 4.78 is 26.6. The Labute approximate surface area is 156 Å². The molecule has 25 heavy (non-hydrogen) atoms. The van der Waals surface area contributed by atoms with Crippen molar-refractivity contribution in [1.29, 1.82) is 0 Å². The van der Waals surface area contributed by atoms with E-state index in [0.717, 1.165) is 19.5 Å². The quantitative estimate of drug-likeness (QED) is 0.778. The molecule has 2 atom stereocenters. The lowest BCUT2D eigenvalue weighted by molar-refractivity contribution is 0.0915. The number of benzene rings is 1. The van der Waals surface area contributed by atoms with Gasteiger partial charge in [-0.2, -0.15) is 4.31 Å². The van der Waals surface area contributed by atoms with Crippen LogP contribution in [0.25, 0.3) is 0 Å². The third-order valence-electron chi connectivity index (χ3n) is 4.58. The molecule has 1 heterocycles. The van der Waals surface area contributed by atoms with Gasteiger partial charge in [0.15, 0.2) is 0 Å². The van der Waals surface area contributed by atoms with Gasteiger partial charge in [-0.1, -0.05) is 26.8 Å². The zero-order valence-electron chi connectivity index (χ0n) is 15.0. The van der Waals surface area contributed by atoms with Crippen molar-refractivity contribution in [3.63, 3.8) is 0 Å². The van der Waals surface area contributed by atoms with Crippen molar-refractivity contribution in [3.05, 3.63) is 29.8 Å². The molecule has 2 unspecified atom stereocenters. The first-order valence-electron chi connectivity index (χ1n) is 8.52. The highest BCUT2D eigenvalue weighted by molar-refractivity contribution is 7.89. The minimum Gasteiger partial charge on any atom is -0.348 e. The van der Waals surface area contributed by atoms with Crippen LogP contribution in [0, 0.1) is 5.92 Å². The fourth-order valence-electron chi connectivity index (χ4n) is 2.95. The van der Waals surface area contributed by atoms with Crippen molar-refractivity contribution in [3.8, 4) is 0 Å². The van der Waals surface area contributed by atoms with Gasteiger partial charge in [0.1, 0.15) is 0 Å². The normalized spacial score (nSPS) is 20.8. The van der Waals surface area contributed by atoms with E-state index in [1.807, 2.05) is 0 Å². The van der Waals surface area contributed by atoms with E-state index in [2.05, 4.69) is 17.6 Å². The van der Waals surface area contributed by atoms with Gasteiger partial charge in [-0.15, -0.1) is 12.4 Å². The van der Waals surface area contributed by atoms with Gasteiger partial charge in [-0.25, -0.2) is 8.42 Å². The van der Waals surface area contributed by atoms with Crippen LogP contribution in [0.4, 0.5) is 0 Å². The van der Waals surface area contributed by atoms with Crippen LogP contribution in [-0.4, -0.2) is 50.9 Å². The number of piperidine rings is 1. The van der Waals surface area contributed by atoms with Crippen LogP contribution in [-0.2, 0) is 10.0 Å². The minimum atomic E-state index is -3.56. The van der Waals surface area contributed by atoms with Gasteiger partial charge >= 0.3 is 0 Å². The highest BCUT2D eigenvalue weighted by atomic mass is 35.5. The zero-order valence-corrected chi connectivity index (χ0v) is 16.6. The van der Waals surface area contributed by atoms with Crippen molar-refractivity contribution in [2.24, 2.45) is 5.92 Å². The van der Waals surface area contributed by atoms with E-state index in [4.69, 9.17) is 0 Å². The molecule has 8 heteroatoms. The van der Waals surface area contributed by atoms with Crippen LogP contribution >= 0.6 is 12.4 Å². The number of halogens is 1. The maximum atomic E-state index is 12.6. The Morgan fingerprint density at radius 1 is 1.32 bits per heavy atom. The lowest BCUT2D eigenvalue weighted by atomic mass is 9.94. The second-order valence-corrected chi connectivity index (χ2v) is 8.11. The average molecular weight is 390 g/mol. The summed E-state index contributed by atoms with van der Waals surface area (Å²) in [5.74, 6) is 0.171. The van der Waals surface area contributed by atoms with E-state index in [1.165, 1.54) is 16.4 Å². The number of sulfonamides is 1. The molecule has 1 aromatic carbocycles. The molecule has 1 aromatic rings. The number of amides is 1. The van der Waals surface area contributed by atoms with Crippen molar-refractivity contribution < 1.29 is 13.2 Å². The predicted octanol–water partition coefficient (Wildman–Crippen LogP) is 1.87. The Hall–Kier alpha value is -1.15. The van der Waals surface area contributed by atoms with Crippen molar-refractivity contribution >= 4 is 28.3 Å². The van der Waals surface area contributed by atoms with Crippen molar-refractivity contribution in [2.45, 2.75) is 38.1 Å². The molecule has 0 spiro atoms. The molecule has 1 saturated heterocycles. The second kappa shape index (κ2) is 9.52. The van der Waals surface area contributed by atoms with E-state index in [1.54, 1.807) is 26.0 Å². The van der Waals surface area contributed by atoms with Crippen LogP contribution in [0.3, 0.4) is 0 Å². The smallest absolute Gasteiger partial charge is 0.251 e. The number of carbonyl (C=O) groups is 1. The number of rotatable bonds is 6. The first kappa shape index (κ1) is 21.9. The third kappa shape index (κ3) is 5.17. The molecule has 2 rings (SSSR count). The van der Waals surface area contributed by atoms with Gasteiger partial charge in [0.25, 0.3) is 5.91 Å². The third-order valence-corrected chi connectivity index (χ3v) is 6.63. The number of carbonyl (C=O) groups excluding carboxylic acids is 1. The predicted molar refractivity (Wildman–Crippen MR) is 102 cm³/mol. The van der Waals surface area contributed by atoms with E-state index in [9.17, 15) is 13.2 Å². The highest BCUT2D eigenvalue weighted by Crippen LogP contribution is 2.18. The molecule has 2 N–H and O–H groups in total. The molecule has 1 fully saturated rings. The summed E-state index contributed by atoms with van der Waals surface area (Å²) in [7, 11) is -3.56. The molecular weight excluding hydrogens is 362 g/mol. The zero-order chi connectivity index (χ0) is 17.7. The maximum absolute atomic E-state index is 12.6. The molecule has 6 nitrogen and oxygen atoms in total. The van der Waals surface area contributed by atoms with Crippen LogP contribution in [0.1, 0.15) is 37.6 Å². The Bertz CT molecular complexity index is 677. The van der Waals surface area contributed by atoms with Crippen LogP contribution in [0.2, 0.25) is 0 Å². The summed E-state index contributed by atoms with van der Waals surface area (Å²) in [6.45, 7) is 8.23. The Morgan fingerprint density at radius 3 is 2.60 bits per heavy atom. The second-order valence-electron chi connectivity index (χ2n) is 6.17. The van der Waals surface area contributed by atoms with E-state index >= 15 is 0 Å². The summed E-state index contributed by atoms with van der Waals surface area (Å²) in [4.78, 5) is 12.7. The van der Waals surface area contributed by atoms with Crippen LogP contribution in [0.15, 0.2) is 29.2 Å². The van der Waals surface area contributed by atoms with Crippen LogP contribution in [0.5, 0.6) is 0 Å². The lowest BCUT2D eigenvalue weighted by Crippen LogP contribution is -2.50. The first-order chi connectivity index (χ1) is 11.4. The molecular formula is C17H28ClN3O3S. The number of nitrogens with one attached hydrogen (secondary N) is 2. The molecule has 1 aliphatic heterocycles. The average Bonchev–Trinajstić information content (AvgIpc) is 2.58. The monoisotopic (exact) mass is 389 g/mol. The van der Waals surface area contributed by atoms with E-state index in [0.29, 0.717) is 24.6 Å². The van der Waals surface area contributed by atoms with Gasteiger partial charge in [0, 0.05) is 31.2 Å². The molecule has 0 aromatic heterocycles. The lowest BCUT2D eigenvalue weighted by Gasteiger charge is -2.30. The number of hydrogen-bond donors (Lipinski definition) is 2.